The lowest BCUT2D eigenvalue weighted by molar-refractivity contribution is -0.115. The number of nitrogens with one attached hydrogen (secondary N) is 3. The van der Waals surface area contributed by atoms with E-state index in [0.29, 0.717) is 11.7 Å². The van der Waals surface area contributed by atoms with Gasteiger partial charge in [-0.15, -0.1) is 0 Å². The number of hydrogen-bond acceptors (Lipinski definition) is 3. The average Bonchev–Trinajstić information content (AvgIpc) is 2.76. The number of anilines is 2. The Labute approximate surface area is 176 Å². The Morgan fingerprint density at radius 1 is 1.00 bits per heavy atom. The van der Waals surface area contributed by atoms with Crippen molar-refractivity contribution in [1.29, 1.82) is 0 Å². The first-order valence-corrected chi connectivity index (χ1v) is 10.4. The van der Waals surface area contributed by atoms with E-state index in [1.165, 1.54) is 56.4 Å². The van der Waals surface area contributed by atoms with E-state index in [0.717, 1.165) is 17.8 Å². The number of benzene rings is 2. The largest absolute Gasteiger partial charge is 0.329 e. The van der Waals surface area contributed by atoms with Crippen molar-refractivity contribution < 1.29 is 14.0 Å². The highest BCUT2D eigenvalue weighted by atomic mass is 19.1. The molecule has 3 rings (SSSR count). The van der Waals surface area contributed by atoms with Crippen LogP contribution in [0.3, 0.4) is 0 Å². The van der Waals surface area contributed by atoms with Crippen LogP contribution >= 0.6 is 0 Å². The minimum atomic E-state index is -0.447. The second kappa shape index (κ2) is 10.7. The van der Waals surface area contributed by atoms with Crippen molar-refractivity contribution in [3.63, 3.8) is 0 Å². The normalized spacial score (nSPS) is 14.4. The molecule has 0 heterocycles. The topological polar surface area (TPSA) is 73.5 Å². The number of nitrogens with zero attached hydrogens (tertiary/aromatic N) is 1. The van der Waals surface area contributed by atoms with E-state index >= 15 is 0 Å². The van der Waals surface area contributed by atoms with Gasteiger partial charge in [-0.2, -0.15) is 0 Å². The number of halogens is 1. The lowest BCUT2D eigenvalue weighted by Crippen LogP contribution is -2.36. The highest BCUT2D eigenvalue weighted by Crippen LogP contribution is 2.24. The molecule has 3 N–H and O–H groups in total. The fourth-order valence-corrected chi connectivity index (χ4v) is 3.77. The van der Waals surface area contributed by atoms with Gasteiger partial charge < -0.3 is 16.0 Å². The van der Waals surface area contributed by atoms with Crippen molar-refractivity contribution in [2.45, 2.75) is 44.7 Å². The highest BCUT2D eigenvalue weighted by Gasteiger charge is 2.19. The molecule has 160 valence electrons. The van der Waals surface area contributed by atoms with Gasteiger partial charge in [0.2, 0.25) is 5.91 Å². The van der Waals surface area contributed by atoms with Gasteiger partial charge in [0.25, 0.3) is 0 Å². The van der Waals surface area contributed by atoms with Gasteiger partial charge in [0.15, 0.2) is 0 Å². The molecule has 1 saturated carbocycles. The van der Waals surface area contributed by atoms with Crippen LogP contribution in [0.5, 0.6) is 0 Å². The molecule has 0 aromatic heterocycles. The molecule has 0 spiro atoms. The third-order valence-corrected chi connectivity index (χ3v) is 5.42. The zero-order valence-electron chi connectivity index (χ0n) is 17.3. The van der Waals surface area contributed by atoms with Crippen LogP contribution in [0.4, 0.5) is 20.6 Å². The first kappa shape index (κ1) is 21.8. The van der Waals surface area contributed by atoms with Gasteiger partial charge in [-0.1, -0.05) is 37.5 Å². The number of amides is 3. The maximum absolute atomic E-state index is 12.9. The molecule has 30 heavy (non-hydrogen) atoms. The fourth-order valence-electron chi connectivity index (χ4n) is 3.77. The predicted molar refractivity (Wildman–Crippen MR) is 117 cm³/mol. The van der Waals surface area contributed by atoms with E-state index in [1.54, 1.807) is 0 Å². The zero-order valence-corrected chi connectivity index (χ0v) is 17.3. The van der Waals surface area contributed by atoms with Crippen molar-refractivity contribution in [3.8, 4) is 0 Å². The van der Waals surface area contributed by atoms with Gasteiger partial charge >= 0.3 is 6.03 Å². The molecule has 0 radical (unpaired) electrons. The second-order valence-electron chi connectivity index (χ2n) is 7.73. The molecule has 2 aromatic rings. The van der Waals surface area contributed by atoms with Crippen molar-refractivity contribution in [2.24, 2.45) is 0 Å². The summed E-state index contributed by atoms with van der Waals surface area (Å²) >= 11 is 0. The van der Waals surface area contributed by atoms with E-state index in [2.05, 4.69) is 27.9 Å². The van der Waals surface area contributed by atoms with Crippen molar-refractivity contribution in [3.05, 3.63) is 59.9 Å². The molecule has 0 atom stereocenters. The summed E-state index contributed by atoms with van der Waals surface area (Å²) in [5.74, 6) is -0.764. The summed E-state index contributed by atoms with van der Waals surface area (Å²) < 4.78 is 12.9. The lowest BCUT2D eigenvalue weighted by Gasteiger charge is -2.31. The van der Waals surface area contributed by atoms with Crippen molar-refractivity contribution >= 4 is 23.3 Å². The van der Waals surface area contributed by atoms with Gasteiger partial charge in [0.05, 0.1) is 6.54 Å². The number of rotatable bonds is 7. The molecule has 0 bridgehead atoms. The molecule has 0 saturated heterocycles. The maximum atomic E-state index is 12.9. The maximum Gasteiger partial charge on any atom is 0.319 e. The molecule has 0 unspecified atom stereocenters. The van der Waals surface area contributed by atoms with Crippen LogP contribution in [0.1, 0.15) is 37.7 Å². The summed E-state index contributed by atoms with van der Waals surface area (Å²) in [4.78, 5) is 26.6. The second-order valence-corrected chi connectivity index (χ2v) is 7.73. The Balaban J connectivity index is 1.49. The van der Waals surface area contributed by atoms with Crippen LogP contribution in [0.15, 0.2) is 48.5 Å². The predicted octanol–water partition coefficient (Wildman–Crippen LogP) is 4.35. The van der Waals surface area contributed by atoms with E-state index in [9.17, 15) is 14.0 Å². The molecule has 2 aromatic carbocycles. The van der Waals surface area contributed by atoms with Crippen LogP contribution in [-0.4, -0.2) is 36.5 Å². The lowest BCUT2D eigenvalue weighted by atomic mass is 9.94. The van der Waals surface area contributed by atoms with Crippen LogP contribution in [0.25, 0.3) is 0 Å². The van der Waals surface area contributed by atoms with Gasteiger partial charge in [-0.25, -0.2) is 9.18 Å². The van der Waals surface area contributed by atoms with Crippen LogP contribution < -0.4 is 16.0 Å². The number of para-hydroxylation sites is 1. The Morgan fingerprint density at radius 3 is 2.43 bits per heavy atom. The van der Waals surface area contributed by atoms with Crippen LogP contribution in [0, 0.1) is 5.82 Å². The average molecular weight is 413 g/mol. The zero-order chi connectivity index (χ0) is 21.3. The Morgan fingerprint density at radius 2 is 1.70 bits per heavy atom. The first-order chi connectivity index (χ1) is 14.5. The summed E-state index contributed by atoms with van der Waals surface area (Å²) in [6.45, 7) is 0.569. The number of hydrogen-bond donors (Lipinski definition) is 3. The van der Waals surface area contributed by atoms with Gasteiger partial charge in [0, 0.05) is 24.0 Å². The van der Waals surface area contributed by atoms with Crippen LogP contribution in [0.2, 0.25) is 0 Å². The summed E-state index contributed by atoms with van der Waals surface area (Å²) in [6.07, 6.45) is 6.30. The third kappa shape index (κ3) is 6.56. The molecule has 6 nitrogen and oxygen atoms in total. The number of urea groups is 1. The third-order valence-electron chi connectivity index (χ3n) is 5.42. The SMILES string of the molecule is CN(Cc1ccccc1NC(=O)NCC(=O)Nc1ccc(F)cc1)C1CCCCC1. The van der Waals surface area contributed by atoms with E-state index in [-0.39, 0.29) is 18.3 Å². The monoisotopic (exact) mass is 412 g/mol. The van der Waals surface area contributed by atoms with Crippen molar-refractivity contribution in [1.82, 2.24) is 10.2 Å². The minimum Gasteiger partial charge on any atom is -0.329 e. The standard InChI is InChI=1S/C23H29FN4O2/c1-28(20-8-3-2-4-9-20)16-17-7-5-6-10-21(17)27-23(30)25-15-22(29)26-19-13-11-18(24)12-14-19/h5-7,10-14,20H,2-4,8-9,15-16H2,1H3,(H,26,29)(H2,25,27,30). The Bertz CT molecular complexity index is 851. The fraction of sp³-hybridized carbons (Fsp3) is 0.391. The number of carbonyl (C=O) groups excluding carboxylic acids is 2. The van der Waals surface area contributed by atoms with Gasteiger partial charge in [0.1, 0.15) is 5.82 Å². The van der Waals surface area contributed by atoms with Crippen molar-refractivity contribution in [2.75, 3.05) is 24.2 Å². The van der Waals surface area contributed by atoms with E-state index < -0.39 is 6.03 Å². The molecular weight excluding hydrogens is 383 g/mol. The Kier molecular flexibility index (Phi) is 7.79. The molecule has 7 heteroatoms. The molecule has 0 aliphatic heterocycles. The summed E-state index contributed by atoms with van der Waals surface area (Å²) in [6, 6.07) is 13.3. The summed E-state index contributed by atoms with van der Waals surface area (Å²) in [5.41, 5.74) is 2.24. The minimum absolute atomic E-state index is 0.187. The molecule has 1 fully saturated rings. The quantitative estimate of drug-likeness (QED) is 0.633. The molecular formula is C23H29FN4O2. The highest BCUT2D eigenvalue weighted by molar-refractivity contribution is 5.97. The summed E-state index contributed by atoms with van der Waals surface area (Å²) in [7, 11) is 2.13. The Hall–Kier alpha value is -2.93. The van der Waals surface area contributed by atoms with E-state index in [1.807, 2.05) is 24.3 Å². The summed E-state index contributed by atoms with van der Waals surface area (Å²) in [5, 5.41) is 8.00. The first-order valence-electron chi connectivity index (χ1n) is 10.4. The molecule has 1 aliphatic rings. The van der Waals surface area contributed by atoms with E-state index in [4.69, 9.17) is 0 Å². The molecule has 1 aliphatic carbocycles. The number of carbonyl (C=O) groups is 2. The molecule has 3 amide bonds. The van der Waals surface area contributed by atoms with Crippen LogP contribution in [-0.2, 0) is 11.3 Å². The van der Waals surface area contributed by atoms with Gasteiger partial charge in [-0.3, -0.25) is 9.69 Å². The smallest absolute Gasteiger partial charge is 0.319 e. The van der Waals surface area contributed by atoms with Gasteiger partial charge in [-0.05, 0) is 55.8 Å².